The van der Waals surface area contributed by atoms with E-state index in [-0.39, 0.29) is 35.4 Å². The maximum absolute atomic E-state index is 15.4. The molecule has 2 aliphatic carbocycles. The van der Waals surface area contributed by atoms with E-state index in [2.05, 4.69) is 21.4 Å². The highest BCUT2D eigenvalue weighted by Crippen LogP contribution is 2.65. The second-order valence-corrected chi connectivity index (χ2v) is 15.5. The lowest BCUT2D eigenvalue weighted by Gasteiger charge is -2.50. The molecule has 0 radical (unpaired) electrons. The number of nitrogens with one attached hydrogen (secondary N) is 1. The maximum Gasteiger partial charge on any atom is 0.260 e. The van der Waals surface area contributed by atoms with Crippen molar-refractivity contribution in [1.82, 2.24) is 5.01 Å². The summed E-state index contributed by atoms with van der Waals surface area (Å²) in [7, 11) is 1.54. The molecule has 2 aliphatic heterocycles. The van der Waals surface area contributed by atoms with Crippen molar-refractivity contribution >= 4 is 74.1 Å². The van der Waals surface area contributed by atoms with Gasteiger partial charge in [0.15, 0.2) is 0 Å². The molecule has 2 heterocycles. The van der Waals surface area contributed by atoms with Gasteiger partial charge in [-0.05, 0) is 91.4 Å². The quantitative estimate of drug-likeness (QED) is 0.150. The normalized spacial score (nSPS) is 26.6. The van der Waals surface area contributed by atoms with E-state index in [1.807, 2.05) is 6.08 Å². The molecule has 8 rings (SSSR count). The monoisotopic (exact) mass is 799 g/mol. The number of nitrogens with zero attached hydrogens (tertiary/aromatic N) is 2. The number of fused-ring (bicyclic) bond motifs is 4. The Labute approximate surface area is 318 Å². The minimum Gasteiger partial charge on any atom is -0.507 e. The fourth-order valence-electron chi connectivity index (χ4n) is 8.95. The number of rotatable bonds is 6. The average Bonchev–Trinajstić information content (AvgIpc) is 3.52. The standard InChI is InChI=1S/C40H32BrCl2N3O6/c1-20-4-3-5-28(35(20)47)34-26-15-16-27-33(38(50)45(36(27)48)24-11-8-22(41)9-12-24)29(26)19-30-37(49)46(44-32-17-10-23(42)18-31(32)43)39(51)40(30,34)21-6-13-25(52-2)14-7-21/h3-15,17-18,27,29-30,33-34,44,47H,16,19H2,1-2H3. The van der Waals surface area contributed by atoms with Gasteiger partial charge >= 0.3 is 0 Å². The van der Waals surface area contributed by atoms with E-state index in [0.29, 0.717) is 38.8 Å². The molecular formula is C40H32BrCl2N3O6. The predicted octanol–water partition coefficient (Wildman–Crippen LogP) is 7.97. The number of methoxy groups -OCH3 is 1. The van der Waals surface area contributed by atoms with Crippen LogP contribution in [0.2, 0.25) is 10.0 Å². The number of aromatic hydroxyl groups is 1. The highest BCUT2D eigenvalue weighted by Gasteiger charge is 2.70. The first-order valence-electron chi connectivity index (χ1n) is 16.8. The van der Waals surface area contributed by atoms with E-state index in [1.54, 1.807) is 92.9 Å². The van der Waals surface area contributed by atoms with Gasteiger partial charge in [-0.2, -0.15) is 5.01 Å². The molecule has 2 N–H and O–H groups in total. The number of hydrogen-bond acceptors (Lipinski definition) is 7. The molecule has 2 saturated heterocycles. The SMILES string of the molecule is COc1ccc(C23C(=O)N(Nc4ccc(Cl)cc4Cl)C(=O)C2CC2C(=CCC4C(=O)N(c5ccc(Br)cc5)C(=O)C42)C3c2cccc(C)c2O)cc1. The number of halogens is 3. The molecule has 12 heteroatoms. The molecule has 0 spiro atoms. The number of phenols is 1. The molecule has 4 aromatic rings. The number of para-hydroxylation sites is 1. The van der Waals surface area contributed by atoms with Crippen molar-refractivity contribution in [3.8, 4) is 11.5 Å². The van der Waals surface area contributed by atoms with Crippen molar-refractivity contribution < 1.29 is 29.0 Å². The Bertz CT molecular complexity index is 2210. The Hall–Kier alpha value is -4.64. The molecule has 1 saturated carbocycles. The number of allylic oxidation sites excluding steroid dienone is 2. The minimum absolute atomic E-state index is 0.0134. The third-order valence-electron chi connectivity index (χ3n) is 11.2. The number of hydrazine groups is 1. The Kier molecular flexibility index (Phi) is 8.47. The summed E-state index contributed by atoms with van der Waals surface area (Å²) >= 11 is 16.1. The molecule has 52 heavy (non-hydrogen) atoms. The maximum atomic E-state index is 15.4. The van der Waals surface area contributed by atoms with Crippen molar-refractivity contribution in [2.45, 2.75) is 31.1 Å². The molecule has 9 nitrogen and oxygen atoms in total. The van der Waals surface area contributed by atoms with Gasteiger partial charge in [0.2, 0.25) is 11.8 Å². The van der Waals surface area contributed by atoms with Crippen LogP contribution in [-0.4, -0.2) is 40.9 Å². The molecule has 4 aromatic carbocycles. The first-order valence-corrected chi connectivity index (χ1v) is 18.4. The largest absolute Gasteiger partial charge is 0.507 e. The summed E-state index contributed by atoms with van der Waals surface area (Å²) in [5.41, 5.74) is 4.49. The lowest BCUT2D eigenvalue weighted by atomic mass is 9.49. The third-order valence-corrected chi connectivity index (χ3v) is 12.3. The van der Waals surface area contributed by atoms with Gasteiger partial charge in [-0.1, -0.05) is 81.1 Å². The summed E-state index contributed by atoms with van der Waals surface area (Å²) in [5.74, 6) is -5.10. The van der Waals surface area contributed by atoms with Crippen molar-refractivity contribution in [2.75, 3.05) is 17.4 Å². The summed E-state index contributed by atoms with van der Waals surface area (Å²) in [6, 6.07) is 24.1. The van der Waals surface area contributed by atoms with Gasteiger partial charge in [-0.15, -0.1) is 0 Å². The van der Waals surface area contributed by atoms with E-state index in [4.69, 9.17) is 27.9 Å². The molecule has 6 atom stereocenters. The number of carbonyl (C=O) groups excluding carboxylic acids is 4. The summed E-state index contributed by atoms with van der Waals surface area (Å²) in [5, 5.41) is 13.4. The van der Waals surface area contributed by atoms with Gasteiger partial charge in [-0.3, -0.25) is 29.5 Å². The van der Waals surface area contributed by atoms with Gasteiger partial charge in [0, 0.05) is 21.0 Å². The summed E-state index contributed by atoms with van der Waals surface area (Å²) in [6.07, 6.45) is 2.32. The van der Waals surface area contributed by atoms with Crippen LogP contribution in [0.15, 0.2) is 101 Å². The zero-order chi connectivity index (χ0) is 36.6. The molecular weight excluding hydrogens is 769 g/mol. The van der Waals surface area contributed by atoms with Gasteiger partial charge in [0.25, 0.3) is 11.8 Å². The second-order valence-electron chi connectivity index (χ2n) is 13.7. The predicted molar refractivity (Wildman–Crippen MR) is 200 cm³/mol. The zero-order valence-corrected chi connectivity index (χ0v) is 31.1. The summed E-state index contributed by atoms with van der Waals surface area (Å²) in [6.45, 7) is 1.77. The molecule has 264 valence electrons. The topological polar surface area (TPSA) is 116 Å². The molecule has 6 unspecified atom stereocenters. The molecule has 0 aromatic heterocycles. The number of carbonyl (C=O) groups is 4. The fourth-order valence-corrected chi connectivity index (χ4v) is 9.66. The first kappa shape index (κ1) is 34.4. The van der Waals surface area contributed by atoms with Crippen molar-refractivity contribution in [2.24, 2.45) is 23.7 Å². The van der Waals surface area contributed by atoms with Crippen LogP contribution in [0.25, 0.3) is 0 Å². The molecule has 4 amide bonds. The Morgan fingerprint density at radius 3 is 2.33 bits per heavy atom. The van der Waals surface area contributed by atoms with Crippen LogP contribution in [0.3, 0.4) is 0 Å². The van der Waals surface area contributed by atoms with E-state index in [0.717, 1.165) is 15.1 Å². The average molecular weight is 802 g/mol. The number of aryl methyl sites for hydroxylation is 1. The number of ether oxygens (including phenoxy) is 1. The van der Waals surface area contributed by atoms with E-state index in [1.165, 1.54) is 11.0 Å². The van der Waals surface area contributed by atoms with E-state index >= 15 is 4.79 Å². The van der Waals surface area contributed by atoms with Crippen LogP contribution in [0.5, 0.6) is 11.5 Å². The lowest BCUT2D eigenvalue weighted by Crippen LogP contribution is -2.53. The summed E-state index contributed by atoms with van der Waals surface area (Å²) < 4.78 is 6.27. The Balaban J connectivity index is 1.34. The number of phenolic OH excluding ortho intramolecular Hbond substituents is 1. The van der Waals surface area contributed by atoms with Gasteiger partial charge < -0.3 is 9.84 Å². The van der Waals surface area contributed by atoms with Crippen molar-refractivity contribution in [1.29, 1.82) is 0 Å². The highest BCUT2D eigenvalue weighted by molar-refractivity contribution is 9.10. The molecule has 3 fully saturated rings. The molecule has 0 bridgehead atoms. The van der Waals surface area contributed by atoms with Gasteiger partial charge in [0.05, 0.1) is 46.7 Å². The Morgan fingerprint density at radius 1 is 0.904 bits per heavy atom. The number of hydrogen-bond donors (Lipinski definition) is 2. The van der Waals surface area contributed by atoms with Crippen LogP contribution in [-0.2, 0) is 24.6 Å². The van der Waals surface area contributed by atoms with Crippen LogP contribution >= 0.6 is 39.1 Å². The second kappa shape index (κ2) is 12.8. The van der Waals surface area contributed by atoms with Gasteiger partial charge in [-0.25, -0.2) is 0 Å². The van der Waals surface area contributed by atoms with E-state index < -0.39 is 46.8 Å². The number of imide groups is 2. The van der Waals surface area contributed by atoms with Crippen LogP contribution in [0, 0.1) is 30.6 Å². The summed E-state index contributed by atoms with van der Waals surface area (Å²) in [4.78, 5) is 60.0. The van der Waals surface area contributed by atoms with Crippen LogP contribution < -0.4 is 15.1 Å². The van der Waals surface area contributed by atoms with Crippen LogP contribution in [0.4, 0.5) is 11.4 Å². The number of benzene rings is 4. The smallest absolute Gasteiger partial charge is 0.260 e. The Morgan fingerprint density at radius 2 is 1.63 bits per heavy atom. The minimum atomic E-state index is -1.58. The lowest BCUT2D eigenvalue weighted by molar-refractivity contribution is -0.138. The number of amides is 4. The highest BCUT2D eigenvalue weighted by atomic mass is 79.9. The first-order chi connectivity index (χ1) is 25.0. The van der Waals surface area contributed by atoms with Crippen LogP contribution in [0.1, 0.15) is 35.4 Å². The van der Waals surface area contributed by atoms with E-state index in [9.17, 15) is 19.5 Å². The third kappa shape index (κ3) is 5.02. The molecule has 4 aliphatic rings. The fraction of sp³-hybridized carbons (Fsp3) is 0.250. The zero-order valence-electron chi connectivity index (χ0n) is 28.0. The number of anilines is 2. The van der Waals surface area contributed by atoms with Gasteiger partial charge in [0.1, 0.15) is 11.5 Å². The van der Waals surface area contributed by atoms with Crippen molar-refractivity contribution in [3.05, 3.63) is 128 Å². The van der Waals surface area contributed by atoms with Crippen molar-refractivity contribution in [3.63, 3.8) is 0 Å².